The van der Waals surface area contributed by atoms with E-state index in [-0.39, 0.29) is 5.97 Å². The van der Waals surface area contributed by atoms with Crippen LogP contribution in [0.25, 0.3) is 22.3 Å². The second-order valence-corrected chi connectivity index (χ2v) is 7.17. The number of nitriles is 1. The Morgan fingerprint density at radius 3 is 2.36 bits per heavy atom. The molecule has 2 aromatic carbocycles. The standard InChI is InChI=1S/C23H21NO3S/c1-4-20-18(14-24)21(22(28-20)23(25)27-5-2)16-12-10-15(11-13-16)17-8-6-7-9-19(17)26-3/h6-13H,4-5H2,1-3H3. The molecule has 5 heteroatoms. The molecule has 28 heavy (non-hydrogen) atoms. The van der Waals surface area contributed by atoms with Gasteiger partial charge in [-0.25, -0.2) is 4.79 Å². The fourth-order valence-corrected chi connectivity index (χ4v) is 4.27. The van der Waals surface area contributed by atoms with Crippen molar-refractivity contribution in [3.05, 3.63) is 63.8 Å². The van der Waals surface area contributed by atoms with Crippen LogP contribution >= 0.6 is 11.3 Å². The highest BCUT2D eigenvalue weighted by Gasteiger charge is 2.24. The third-order valence-electron chi connectivity index (χ3n) is 4.47. The summed E-state index contributed by atoms with van der Waals surface area (Å²) in [6.45, 7) is 4.06. The highest BCUT2D eigenvalue weighted by atomic mass is 32.1. The first-order chi connectivity index (χ1) is 13.6. The monoisotopic (exact) mass is 391 g/mol. The zero-order valence-corrected chi connectivity index (χ0v) is 16.9. The Bertz CT molecular complexity index is 1030. The number of thiophene rings is 1. The highest BCUT2D eigenvalue weighted by molar-refractivity contribution is 7.14. The quantitative estimate of drug-likeness (QED) is 0.506. The molecule has 1 heterocycles. The van der Waals surface area contributed by atoms with Gasteiger partial charge >= 0.3 is 5.97 Å². The van der Waals surface area contributed by atoms with E-state index in [1.165, 1.54) is 11.3 Å². The van der Waals surface area contributed by atoms with Gasteiger partial charge in [-0.05, 0) is 30.5 Å². The second kappa shape index (κ2) is 8.73. The number of nitrogens with zero attached hydrogens (tertiary/aromatic N) is 1. The molecule has 1 aromatic heterocycles. The van der Waals surface area contributed by atoms with Gasteiger partial charge in [0.25, 0.3) is 0 Å². The van der Waals surface area contributed by atoms with Gasteiger partial charge in [0.15, 0.2) is 0 Å². The van der Waals surface area contributed by atoms with Crippen molar-refractivity contribution in [3.63, 3.8) is 0 Å². The third kappa shape index (κ3) is 3.64. The number of aryl methyl sites for hydroxylation is 1. The average molecular weight is 391 g/mol. The van der Waals surface area contributed by atoms with Gasteiger partial charge in [0.2, 0.25) is 0 Å². The number of ether oxygens (including phenoxy) is 2. The normalized spacial score (nSPS) is 10.4. The number of hydrogen-bond donors (Lipinski definition) is 0. The lowest BCUT2D eigenvalue weighted by Crippen LogP contribution is -2.04. The van der Waals surface area contributed by atoms with Crippen LogP contribution in [0.4, 0.5) is 0 Å². The van der Waals surface area contributed by atoms with Crippen molar-refractivity contribution in [2.45, 2.75) is 20.3 Å². The van der Waals surface area contributed by atoms with Crippen LogP contribution in [-0.4, -0.2) is 19.7 Å². The van der Waals surface area contributed by atoms with Gasteiger partial charge in [-0.3, -0.25) is 0 Å². The van der Waals surface area contributed by atoms with Crippen LogP contribution in [0, 0.1) is 11.3 Å². The van der Waals surface area contributed by atoms with E-state index in [0.717, 1.165) is 27.3 Å². The lowest BCUT2D eigenvalue weighted by molar-refractivity contribution is 0.0533. The Balaban J connectivity index is 2.10. The Labute approximate surface area is 169 Å². The van der Waals surface area contributed by atoms with Crippen LogP contribution in [0.15, 0.2) is 48.5 Å². The van der Waals surface area contributed by atoms with E-state index < -0.39 is 0 Å². The molecule has 0 saturated heterocycles. The van der Waals surface area contributed by atoms with Gasteiger partial charge in [-0.1, -0.05) is 49.4 Å². The summed E-state index contributed by atoms with van der Waals surface area (Å²) < 4.78 is 10.7. The first kappa shape index (κ1) is 19.7. The summed E-state index contributed by atoms with van der Waals surface area (Å²) in [6.07, 6.45) is 0.694. The maximum Gasteiger partial charge on any atom is 0.348 e. The Morgan fingerprint density at radius 1 is 1.07 bits per heavy atom. The molecule has 0 aliphatic heterocycles. The molecule has 0 unspecified atom stereocenters. The van der Waals surface area contributed by atoms with E-state index >= 15 is 0 Å². The maximum absolute atomic E-state index is 12.5. The Hall–Kier alpha value is -3.10. The third-order valence-corrected chi connectivity index (χ3v) is 5.78. The van der Waals surface area contributed by atoms with Gasteiger partial charge in [0, 0.05) is 16.0 Å². The molecule has 0 amide bonds. The molecule has 0 atom stereocenters. The van der Waals surface area contributed by atoms with Gasteiger partial charge in [-0.2, -0.15) is 5.26 Å². The van der Waals surface area contributed by atoms with E-state index in [9.17, 15) is 10.1 Å². The summed E-state index contributed by atoms with van der Waals surface area (Å²) in [5.74, 6) is 0.413. The summed E-state index contributed by atoms with van der Waals surface area (Å²) in [6, 6.07) is 17.9. The van der Waals surface area contributed by atoms with Crippen LogP contribution in [0.2, 0.25) is 0 Å². The predicted molar refractivity (Wildman–Crippen MR) is 112 cm³/mol. The van der Waals surface area contributed by atoms with Gasteiger partial charge in [0.05, 0.1) is 19.3 Å². The maximum atomic E-state index is 12.5. The van der Waals surface area contributed by atoms with Crippen molar-refractivity contribution >= 4 is 17.3 Å². The van der Waals surface area contributed by atoms with E-state index in [1.54, 1.807) is 14.0 Å². The molecule has 142 valence electrons. The highest BCUT2D eigenvalue weighted by Crippen LogP contribution is 2.39. The van der Waals surface area contributed by atoms with Gasteiger partial charge in [0.1, 0.15) is 16.7 Å². The number of benzene rings is 2. The number of carbonyl (C=O) groups excluding carboxylic acids is 1. The number of para-hydroxylation sites is 1. The molecule has 0 N–H and O–H groups in total. The fourth-order valence-electron chi connectivity index (χ4n) is 3.16. The van der Waals surface area contributed by atoms with Crippen molar-refractivity contribution in [2.24, 2.45) is 0 Å². The summed E-state index contributed by atoms with van der Waals surface area (Å²) in [5.41, 5.74) is 4.04. The van der Waals surface area contributed by atoms with Gasteiger partial charge in [-0.15, -0.1) is 11.3 Å². The smallest absolute Gasteiger partial charge is 0.348 e. The first-order valence-corrected chi connectivity index (χ1v) is 9.92. The van der Waals surface area contributed by atoms with Crippen molar-refractivity contribution in [1.29, 1.82) is 5.26 Å². The van der Waals surface area contributed by atoms with E-state index in [1.807, 2.05) is 55.5 Å². The van der Waals surface area contributed by atoms with Crippen molar-refractivity contribution in [3.8, 4) is 34.1 Å². The molecular formula is C23H21NO3S. The van der Waals surface area contributed by atoms with Gasteiger partial charge < -0.3 is 9.47 Å². The second-order valence-electron chi connectivity index (χ2n) is 6.07. The van der Waals surface area contributed by atoms with Crippen molar-refractivity contribution in [2.75, 3.05) is 13.7 Å². The minimum Gasteiger partial charge on any atom is -0.496 e. The number of esters is 1. The molecule has 0 aliphatic rings. The van der Waals surface area contributed by atoms with Crippen molar-refractivity contribution < 1.29 is 14.3 Å². The lowest BCUT2D eigenvalue weighted by atomic mass is 9.97. The number of rotatable bonds is 6. The van der Waals surface area contributed by atoms with E-state index in [4.69, 9.17) is 9.47 Å². The molecule has 3 rings (SSSR count). The molecule has 0 spiro atoms. The van der Waals surface area contributed by atoms with Crippen LogP contribution in [0.5, 0.6) is 5.75 Å². The van der Waals surface area contributed by atoms with Crippen LogP contribution < -0.4 is 4.74 Å². The number of methoxy groups -OCH3 is 1. The predicted octanol–water partition coefficient (Wildman–Crippen LogP) is 5.70. The lowest BCUT2D eigenvalue weighted by Gasteiger charge is -2.10. The largest absolute Gasteiger partial charge is 0.496 e. The van der Waals surface area contributed by atoms with Crippen LogP contribution in [-0.2, 0) is 11.2 Å². The number of hydrogen-bond acceptors (Lipinski definition) is 5. The van der Waals surface area contributed by atoms with E-state index in [2.05, 4.69) is 6.07 Å². The molecule has 0 radical (unpaired) electrons. The molecule has 0 saturated carbocycles. The van der Waals surface area contributed by atoms with Crippen LogP contribution in [0.1, 0.15) is 34.0 Å². The zero-order valence-electron chi connectivity index (χ0n) is 16.1. The minimum atomic E-state index is -0.382. The molecule has 0 fully saturated rings. The fraction of sp³-hybridized carbons (Fsp3) is 0.217. The first-order valence-electron chi connectivity index (χ1n) is 9.11. The SMILES string of the molecule is CCOC(=O)c1sc(CC)c(C#N)c1-c1ccc(-c2ccccc2OC)cc1. The average Bonchev–Trinajstić information content (AvgIpc) is 3.13. The van der Waals surface area contributed by atoms with Crippen molar-refractivity contribution in [1.82, 2.24) is 0 Å². The molecule has 0 bridgehead atoms. The molecule has 0 aliphatic carbocycles. The summed E-state index contributed by atoms with van der Waals surface area (Å²) in [5, 5.41) is 9.71. The van der Waals surface area contributed by atoms with Crippen LogP contribution in [0.3, 0.4) is 0 Å². The summed E-state index contributed by atoms with van der Waals surface area (Å²) in [4.78, 5) is 13.9. The molecular weight excluding hydrogens is 370 g/mol. The topological polar surface area (TPSA) is 59.3 Å². The number of carbonyl (C=O) groups is 1. The van der Waals surface area contributed by atoms with E-state index in [0.29, 0.717) is 29.0 Å². The molecule has 4 nitrogen and oxygen atoms in total. The zero-order chi connectivity index (χ0) is 20.1. The molecule has 3 aromatic rings. The summed E-state index contributed by atoms with van der Waals surface area (Å²) in [7, 11) is 1.65. The minimum absolute atomic E-state index is 0.298. The Morgan fingerprint density at radius 2 is 1.75 bits per heavy atom. The summed E-state index contributed by atoms with van der Waals surface area (Å²) >= 11 is 1.34. The Kier molecular flexibility index (Phi) is 6.13.